The normalized spacial score (nSPS) is 15.3. The third kappa shape index (κ3) is 4.82. The molecule has 0 heterocycles. The van der Waals surface area contributed by atoms with E-state index in [0.717, 1.165) is 23.6 Å². The molecule has 3 unspecified atom stereocenters. The quantitative estimate of drug-likeness (QED) is 0.735. The smallest absolute Gasteiger partial charge is 0.0681 e. The molecule has 0 amide bonds. The Morgan fingerprint density at radius 2 is 1.73 bits per heavy atom. The first-order valence-corrected chi connectivity index (χ1v) is 7.92. The van der Waals surface area contributed by atoms with Crippen LogP contribution in [0.4, 0.5) is 0 Å². The number of aliphatic hydroxyl groups is 1. The summed E-state index contributed by atoms with van der Waals surface area (Å²) in [5.41, 5.74) is 8.47. The van der Waals surface area contributed by atoms with E-state index >= 15 is 0 Å². The fraction of sp³-hybridized carbons (Fsp3) is 0.333. The number of nitrogens with two attached hydrogens (primary N) is 1. The zero-order valence-corrected chi connectivity index (χ0v) is 13.5. The molecule has 0 spiro atoms. The van der Waals surface area contributed by atoms with Gasteiger partial charge in [-0.2, -0.15) is 0 Å². The zero-order chi connectivity index (χ0) is 15.9. The summed E-state index contributed by atoms with van der Waals surface area (Å²) in [6.45, 7) is 2.50. The molecule has 0 saturated heterocycles. The van der Waals surface area contributed by atoms with Crippen LogP contribution in [0.15, 0.2) is 54.6 Å². The number of rotatable bonds is 7. The average Bonchev–Trinajstić information content (AvgIpc) is 2.53. The van der Waals surface area contributed by atoms with Gasteiger partial charge < -0.3 is 16.2 Å². The summed E-state index contributed by atoms with van der Waals surface area (Å²) in [5.74, 6) is 0. The molecule has 4 N–H and O–H groups in total. The van der Waals surface area contributed by atoms with Crippen LogP contribution in [0.2, 0.25) is 5.02 Å². The van der Waals surface area contributed by atoms with Crippen molar-refractivity contribution >= 4 is 11.6 Å². The third-order valence-corrected chi connectivity index (χ3v) is 4.04. The Morgan fingerprint density at radius 1 is 1.09 bits per heavy atom. The van der Waals surface area contributed by atoms with Crippen LogP contribution in [0.25, 0.3) is 0 Å². The molecule has 4 heteroatoms. The molecular weight excluding hydrogens is 296 g/mol. The van der Waals surface area contributed by atoms with Crippen LogP contribution in [0.3, 0.4) is 0 Å². The summed E-state index contributed by atoms with van der Waals surface area (Å²) >= 11 is 5.89. The molecule has 0 aliphatic rings. The predicted molar refractivity (Wildman–Crippen MR) is 92.0 cm³/mol. The monoisotopic (exact) mass is 318 g/mol. The summed E-state index contributed by atoms with van der Waals surface area (Å²) in [4.78, 5) is 0. The van der Waals surface area contributed by atoms with Gasteiger partial charge in [-0.3, -0.25) is 0 Å². The lowest BCUT2D eigenvalue weighted by Gasteiger charge is -2.27. The van der Waals surface area contributed by atoms with Crippen molar-refractivity contribution in [1.29, 1.82) is 0 Å². The molecule has 2 aromatic rings. The minimum atomic E-state index is -0.576. The maximum Gasteiger partial charge on any atom is 0.0681 e. The fourth-order valence-corrected chi connectivity index (χ4v) is 2.56. The molecule has 2 rings (SSSR count). The third-order valence-electron chi connectivity index (χ3n) is 3.79. The Labute approximate surface area is 137 Å². The minimum Gasteiger partial charge on any atom is -0.392 e. The molecule has 0 fully saturated rings. The van der Waals surface area contributed by atoms with Crippen molar-refractivity contribution in [2.45, 2.75) is 31.5 Å². The largest absolute Gasteiger partial charge is 0.392 e. The highest BCUT2D eigenvalue weighted by Gasteiger charge is 2.22. The number of hydrogen-bond acceptors (Lipinski definition) is 3. The lowest BCUT2D eigenvalue weighted by molar-refractivity contribution is 0.143. The molecule has 0 aromatic heterocycles. The van der Waals surface area contributed by atoms with Crippen LogP contribution in [0.1, 0.15) is 24.1 Å². The minimum absolute atomic E-state index is 0.0755. The highest BCUT2D eigenvalue weighted by Crippen LogP contribution is 2.18. The summed E-state index contributed by atoms with van der Waals surface area (Å²) < 4.78 is 0. The Kier molecular flexibility index (Phi) is 6.40. The van der Waals surface area contributed by atoms with Crippen LogP contribution in [-0.2, 0) is 6.42 Å². The second-order valence-corrected chi connectivity index (χ2v) is 5.97. The van der Waals surface area contributed by atoms with E-state index in [2.05, 4.69) is 5.32 Å². The van der Waals surface area contributed by atoms with Gasteiger partial charge in [0.25, 0.3) is 0 Å². The molecular formula is C18H23ClN2O. The average molecular weight is 319 g/mol. The van der Waals surface area contributed by atoms with E-state index in [-0.39, 0.29) is 12.1 Å². The molecule has 0 aliphatic carbocycles. The van der Waals surface area contributed by atoms with Gasteiger partial charge in [0.2, 0.25) is 0 Å². The zero-order valence-electron chi connectivity index (χ0n) is 12.7. The summed E-state index contributed by atoms with van der Waals surface area (Å²) in [7, 11) is 0. The number of benzene rings is 2. The number of aliphatic hydroxyl groups excluding tert-OH is 1. The van der Waals surface area contributed by atoms with Gasteiger partial charge in [0, 0.05) is 17.1 Å². The number of nitrogens with one attached hydrogen (secondary N) is 1. The predicted octanol–water partition coefficient (Wildman–Crippen LogP) is 2.92. The first-order valence-electron chi connectivity index (χ1n) is 7.54. The van der Waals surface area contributed by atoms with Gasteiger partial charge >= 0.3 is 0 Å². The van der Waals surface area contributed by atoms with Crippen LogP contribution in [0.5, 0.6) is 0 Å². The number of halogens is 1. The van der Waals surface area contributed by atoms with E-state index in [0.29, 0.717) is 0 Å². The Balaban J connectivity index is 1.99. The van der Waals surface area contributed by atoms with Crippen molar-refractivity contribution in [2.24, 2.45) is 5.73 Å². The topological polar surface area (TPSA) is 58.3 Å². The van der Waals surface area contributed by atoms with Gasteiger partial charge in [0.1, 0.15) is 0 Å². The molecule has 0 radical (unpaired) electrons. The van der Waals surface area contributed by atoms with E-state index in [1.54, 1.807) is 6.92 Å². The SMILES string of the molecule is CC(O)C(N)C(NCCc1ccc(Cl)cc1)c1ccccc1. The first kappa shape index (κ1) is 17.0. The number of hydrogen-bond donors (Lipinski definition) is 3. The first-order chi connectivity index (χ1) is 10.6. The standard InChI is InChI=1S/C18H23ClN2O/c1-13(22)17(20)18(15-5-3-2-4-6-15)21-12-11-14-7-9-16(19)10-8-14/h2-10,13,17-18,21-22H,11-12,20H2,1H3. The van der Waals surface area contributed by atoms with E-state index in [1.807, 2.05) is 54.6 Å². The van der Waals surface area contributed by atoms with Crippen molar-refractivity contribution in [3.63, 3.8) is 0 Å². The highest BCUT2D eigenvalue weighted by atomic mass is 35.5. The second kappa shape index (κ2) is 8.30. The maximum atomic E-state index is 9.82. The van der Waals surface area contributed by atoms with Crippen LogP contribution < -0.4 is 11.1 Å². The van der Waals surface area contributed by atoms with Crippen molar-refractivity contribution < 1.29 is 5.11 Å². The van der Waals surface area contributed by atoms with Gasteiger partial charge in [-0.1, -0.05) is 54.1 Å². The fourth-order valence-electron chi connectivity index (χ4n) is 2.44. The Morgan fingerprint density at radius 3 is 2.32 bits per heavy atom. The van der Waals surface area contributed by atoms with Crippen molar-refractivity contribution in [3.8, 4) is 0 Å². The lowest BCUT2D eigenvalue weighted by Crippen LogP contribution is -2.45. The van der Waals surface area contributed by atoms with Gasteiger partial charge in [-0.05, 0) is 43.1 Å². The van der Waals surface area contributed by atoms with Gasteiger partial charge in [0.15, 0.2) is 0 Å². The lowest BCUT2D eigenvalue weighted by atomic mass is 9.96. The van der Waals surface area contributed by atoms with Gasteiger partial charge in [-0.25, -0.2) is 0 Å². The van der Waals surface area contributed by atoms with E-state index in [9.17, 15) is 5.11 Å². The van der Waals surface area contributed by atoms with Crippen molar-refractivity contribution in [2.75, 3.05) is 6.54 Å². The molecule has 2 aromatic carbocycles. The summed E-state index contributed by atoms with van der Waals surface area (Å²) in [6.07, 6.45) is 0.306. The summed E-state index contributed by atoms with van der Waals surface area (Å²) in [6, 6.07) is 17.4. The molecule has 0 saturated carbocycles. The van der Waals surface area contributed by atoms with Crippen molar-refractivity contribution in [3.05, 3.63) is 70.7 Å². The molecule has 118 valence electrons. The van der Waals surface area contributed by atoms with Crippen molar-refractivity contribution in [1.82, 2.24) is 5.32 Å². The van der Waals surface area contributed by atoms with Crippen LogP contribution in [-0.4, -0.2) is 23.8 Å². The maximum absolute atomic E-state index is 9.82. The van der Waals surface area contributed by atoms with E-state index in [1.165, 1.54) is 5.56 Å². The highest BCUT2D eigenvalue weighted by molar-refractivity contribution is 6.30. The van der Waals surface area contributed by atoms with Gasteiger partial charge in [0.05, 0.1) is 6.10 Å². The Bertz CT molecular complexity index is 557. The van der Waals surface area contributed by atoms with Crippen LogP contribution >= 0.6 is 11.6 Å². The van der Waals surface area contributed by atoms with Gasteiger partial charge in [-0.15, -0.1) is 0 Å². The Hall–Kier alpha value is -1.39. The molecule has 0 bridgehead atoms. The van der Waals surface area contributed by atoms with Crippen LogP contribution in [0, 0.1) is 0 Å². The molecule has 0 aliphatic heterocycles. The summed E-state index contributed by atoms with van der Waals surface area (Å²) in [5, 5.41) is 14.0. The molecule has 3 atom stereocenters. The second-order valence-electron chi connectivity index (χ2n) is 5.54. The molecule has 3 nitrogen and oxygen atoms in total. The van der Waals surface area contributed by atoms with E-state index < -0.39 is 6.10 Å². The van der Waals surface area contributed by atoms with E-state index in [4.69, 9.17) is 17.3 Å². The molecule has 22 heavy (non-hydrogen) atoms.